The Kier molecular flexibility index (Phi) is 3.25. The number of aromatic nitrogens is 2. The predicted octanol–water partition coefficient (Wildman–Crippen LogP) is 2.66. The number of fused-ring (bicyclic) bond motifs is 1. The van der Waals surface area contributed by atoms with Gasteiger partial charge in [-0.2, -0.15) is 0 Å². The minimum atomic E-state index is -0.682. The first-order valence-corrected chi connectivity index (χ1v) is 6.83. The van der Waals surface area contributed by atoms with Crippen molar-refractivity contribution in [1.29, 1.82) is 0 Å². The molecule has 1 aliphatic carbocycles. The van der Waals surface area contributed by atoms with Crippen LogP contribution in [0.2, 0.25) is 0 Å². The lowest BCUT2D eigenvalue weighted by Crippen LogP contribution is -2.13. The minimum Gasteiger partial charge on any atom is -0.389 e. The molecule has 0 amide bonds. The van der Waals surface area contributed by atoms with E-state index in [0.717, 1.165) is 49.2 Å². The molecule has 0 radical (unpaired) electrons. The van der Waals surface area contributed by atoms with Crippen molar-refractivity contribution in [3.63, 3.8) is 0 Å². The van der Waals surface area contributed by atoms with Gasteiger partial charge in [-0.3, -0.25) is 4.57 Å². The Morgan fingerprint density at radius 3 is 2.50 bits per heavy atom. The van der Waals surface area contributed by atoms with E-state index in [9.17, 15) is 8.78 Å². The highest BCUT2D eigenvalue weighted by Gasteiger charge is 2.21. The number of rotatable bonds is 2. The van der Waals surface area contributed by atoms with Crippen molar-refractivity contribution in [2.24, 2.45) is 5.73 Å². The lowest BCUT2D eigenvalue weighted by atomic mass is 10.0. The number of benzene rings is 1. The molecule has 0 saturated carbocycles. The number of imidazole rings is 1. The van der Waals surface area contributed by atoms with Crippen molar-refractivity contribution < 1.29 is 8.78 Å². The molecule has 0 aliphatic heterocycles. The Morgan fingerprint density at radius 1 is 1.20 bits per heavy atom. The van der Waals surface area contributed by atoms with Gasteiger partial charge in [-0.15, -0.1) is 0 Å². The van der Waals surface area contributed by atoms with E-state index in [-0.39, 0.29) is 16.2 Å². The van der Waals surface area contributed by atoms with Crippen molar-refractivity contribution in [3.05, 3.63) is 47.0 Å². The van der Waals surface area contributed by atoms with E-state index < -0.39 is 11.6 Å². The quantitative estimate of drug-likeness (QED) is 0.866. The number of nitrogens with two attached hydrogens (primary N) is 1. The van der Waals surface area contributed by atoms with E-state index in [1.54, 1.807) is 0 Å². The summed E-state index contributed by atoms with van der Waals surface area (Å²) >= 11 is 4.75. The Morgan fingerprint density at radius 2 is 1.85 bits per heavy atom. The Labute approximate surface area is 120 Å². The maximum Gasteiger partial charge on any atom is 0.150 e. The molecule has 3 rings (SSSR count). The summed E-state index contributed by atoms with van der Waals surface area (Å²) in [6.07, 6.45) is 5.20. The summed E-state index contributed by atoms with van der Waals surface area (Å²) in [5.41, 5.74) is 7.30. The zero-order valence-corrected chi connectivity index (χ0v) is 11.5. The molecule has 0 unspecified atom stereocenters. The Hall–Kier alpha value is -1.82. The van der Waals surface area contributed by atoms with Crippen LogP contribution >= 0.6 is 12.2 Å². The first-order valence-electron chi connectivity index (χ1n) is 6.42. The summed E-state index contributed by atoms with van der Waals surface area (Å²) in [5, 5.41) is 0. The summed E-state index contributed by atoms with van der Waals surface area (Å²) in [5.74, 6) is -1.36. The average molecular weight is 293 g/mol. The van der Waals surface area contributed by atoms with E-state index in [4.69, 9.17) is 18.0 Å². The highest BCUT2D eigenvalue weighted by atomic mass is 32.1. The molecule has 3 nitrogen and oxygen atoms in total. The molecule has 0 atom stereocenters. The van der Waals surface area contributed by atoms with Crippen molar-refractivity contribution in [3.8, 4) is 5.69 Å². The molecule has 2 N–H and O–H groups in total. The fourth-order valence-electron chi connectivity index (χ4n) is 2.60. The number of thiocarbonyl (C=S) groups is 1. The van der Waals surface area contributed by atoms with Gasteiger partial charge in [-0.1, -0.05) is 12.2 Å². The van der Waals surface area contributed by atoms with Crippen LogP contribution in [0.25, 0.3) is 5.69 Å². The standard InChI is InChI=1S/C14H13F2N3S/c15-9-5-8(14(17)20)6-10(16)13(9)19-7-18-11-3-1-2-4-12(11)19/h5-7H,1-4H2,(H2,17,20). The van der Waals surface area contributed by atoms with Crippen LogP contribution in [0.15, 0.2) is 18.5 Å². The van der Waals surface area contributed by atoms with Crippen LogP contribution in [-0.4, -0.2) is 14.5 Å². The van der Waals surface area contributed by atoms with Crippen molar-refractivity contribution in [2.75, 3.05) is 0 Å². The van der Waals surface area contributed by atoms with Crippen LogP contribution in [0, 0.1) is 11.6 Å². The smallest absolute Gasteiger partial charge is 0.150 e. The largest absolute Gasteiger partial charge is 0.389 e. The van der Waals surface area contributed by atoms with E-state index in [1.807, 2.05) is 0 Å². The van der Waals surface area contributed by atoms with Crippen LogP contribution in [0.1, 0.15) is 29.8 Å². The van der Waals surface area contributed by atoms with Crippen LogP contribution in [-0.2, 0) is 12.8 Å². The highest BCUT2D eigenvalue weighted by molar-refractivity contribution is 7.80. The monoisotopic (exact) mass is 293 g/mol. The first kappa shape index (κ1) is 13.2. The van der Waals surface area contributed by atoms with Gasteiger partial charge in [0.2, 0.25) is 0 Å². The number of hydrogen-bond acceptors (Lipinski definition) is 2. The minimum absolute atomic E-state index is 0.0259. The van der Waals surface area contributed by atoms with Crippen molar-refractivity contribution >= 4 is 17.2 Å². The van der Waals surface area contributed by atoms with Gasteiger partial charge in [0.15, 0.2) is 11.6 Å². The second-order valence-electron chi connectivity index (χ2n) is 4.87. The van der Waals surface area contributed by atoms with E-state index >= 15 is 0 Å². The normalized spacial score (nSPS) is 14.1. The molecule has 0 fully saturated rings. The molecule has 20 heavy (non-hydrogen) atoms. The first-order chi connectivity index (χ1) is 9.58. The van der Waals surface area contributed by atoms with Crippen LogP contribution in [0.5, 0.6) is 0 Å². The number of hydrogen-bond donors (Lipinski definition) is 1. The van der Waals surface area contributed by atoms with Gasteiger partial charge in [0.25, 0.3) is 0 Å². The molecule has 1 aromatic carbocycles. The number of halogens is 2. The zero-order valence-electron chi connectivity index (χ0n) is 10.7. The van der Waals surface area contributed by atoms with Gasteiger partial charge >= 0.3 is 0 Å². The molecular formula is C14H13F2N3S. The van der Waals surface area contributed by atoms with E-state index in [2.05, 4.69) is 4.98 Å². The third-order valence-electron chi connectivity index (χ3n) is 3.57. The molecule has 2 aromatic rings. The van der Waals surface area contributed by atoms with Gasteiger partial charge in [0.1, 0.15) is 10.7 Å². The zero-order chi connectivity index (χ0) is 14.3. The highest BCUT2D eigenvalue weighted by Crippen LogP contribution is 2.26. The molecule has 0 bridgehead atoms. The van der Waals surface area contributed by atoms with Gasteiger partial charge in [-0.05, 0) is 37.8 Å². The molecule has 0 saturated heterocycles. The second kappa shape index (κ2) is 4.94. The van der Waals surface area contributed by atoms with Gasteiger partial charge < -0.3 is 5.73 Å². The molecule has 6 heteroatoms. The van der Waals surface area contributed by atoms with Crippen molar-refractivity contribution in [2.45, 2.75) is 25.7 Å². The van der Waals surface area contributed by atoms with E-state index in [0.29, 0.717) is 0 Å². The summed E-state index contributed by atoms with van der Waals surface area (Å²) in [6.45, 7) is 0. The van der Waals surface area contributed by atoms with Crippen LogP contribution in [0.3, 0.4) is 0 Å². The maximum atomic E-state index is 14.2. The predicted molar refractivity (Wildman–Crippen MR) is 76.0 cm³/mol. The van der Waals surface area contributed by atoms with Gasteiger partial charge in [0.05, 0.1) is 12.0 Å². The summed E-state index contributed by atoms with van der Waals surface area (Å²) in [4.78, 5) is 4.23. The van der Waals surface area contributed by atoms with Crippen LogP contribution in [0.4, 0.5) is 8.78 Å². The third kappa shape index (κ3) is 2.10. The fraction of sp³-hybridized carbons (Fsp3) is 0.286. The fourth-order valence-corrected chi connectivity index (χ4v) is 2.72. The summed E-state index contributed by atoms with van der Waals surface area (Å²) in [7, 11) is 0. The van der Waals surface area contributed by atoms with Crippen LogP contribution < -0.4 is 5.73 Å². The Bertz CT molecular complexity index is 671. The van der Waals surface area contributed by atoms with Gasteiger partial charge in [-0.25, -0.2) is 13.8 Å². The van der Waals surface area contributed by atoms with E-state index in [1.165, 1.54) is 10.9 Å². The molecule has 1 aromatic heterocycles. The lowest BCUT2D eigenvalue weighted by Gasteiger charge is -2.15. The van der Waals surface area contributed by atoms with Crippen molar-refractivity contribution in [1.82, 2.24) is 9.55 Å². The molecule has 1 aliphatic rings. The number of nitrogens with zero attached hydrogens (tertiary/aromatic N) is 2. The Balaban J connectivity index is 2.15. The second-order valence-corrected chi connectivity index (χ2v) is 5.31. The summed E-state index contributed by atoms with van der Waals surface area (Å²) in [6, 6.07) is 2.33. The lowest BCUT2D eigenvalue weighted by molar-refractivity contribution is 0.561. The van der Waals surface area contributed by atoms with Gasteiger partial charge in [0, 0.05) is 11.3 Å². The molecule has 104 valence electrons. The molecular weight excluding hydrogens is 280 g/mol. The molecule has 1 heterocycles. The topological polar surface area (TPSA) is 43.8 Å². The third-order valence-corrected chi connectivity index (χ3v) is 3.81. The SMILES string of the molecule is NC(=S)c1cc(F)c(-n2cnc3c2CCCC3)c(F)c1. The summed E-state index contributed by atoms with van der Waals surface area (Å²) < 4.78 is 29.9. The number of aryl methyl sites for hydroxylation is 1. The molecule has 0 spiro atoms. The average Bonchev–Trinajstić information content (AvgIpc) is 2.82. The maximum absolute atomic E-state index is 14.2.